The maximum atomic E-state index is 14.5. The molecule has 166 valence electrons. The molecule has 0 aliphatic carbocycles. The van der Waals surface area contributed by atoms with Crippen LogP contribution in [0.25, 0.3) is 0 Å². The summed E-state index contributed by atoms with van der Waals surface area (Å²) >= 11 is 0. The molecule has 1 saturated heterocycles. The van der Waals surface area contributed by atoms with Crippen LogP contribution in [0.5, 0.6) is 0 Å². The van der Waals surface area contributed by atoms with Crippen LogP contribution in [0, 0.1) is 5.82 Å². The van der Waals surface area contributed by atoms with Gasteiger partial charge >= 0.3 is 6.03 Å². The van der Waals surface area contributed by atoms with Crippen molar-refractivity contribution in [3.63, 3.8) is 0 Å². The Hall–Kier alpha value is -3.19. The predicted octanol–water partition coefficient (Wildman–Crippen LogP) is 3.28. The molecule has 2 aromatic carbocycles. The summed E-state index contributed by atoms with van der Waals surface area (Å²) in [6.45, 7) is 3.13. The smallest absolute Gasteiger partial charge is 0.322 e. The van der Waals surface area contributed by atoms with Gasteiger partial charge in [0.05, 0.1) is 23.9 Å². The predicted molar refractivity (Wildman–Crippen MR) is 119 cm³/mol. The minimum absolute atomic E-state index is 0.0957. The van der Waals surface area contributed by atoms with Gasteiger partial charge < -0.3 is 10.2 Å². The van der Waals surface area contributed by atoms with E-state index in [2.05, 4.69) is 34.5 Å². The first kappa shape index (κ1) is 20.7. The fourth-order valence-electron chi connectivity index (χ4n) is 5.06. The molecule has 1 unspecified atom stereocenters. The maximum Gasteiger partial charge on any atom is 0.322 e. The number of piperidine rings is 1. The maximum absolute atomic E-state index is 14.5. The number of likely N-dealkylation sites (tertiary alicyclic amines) is 1. The third-order valence-corrected chi connectivity index (χ3v) is 6.85. The summed E-state index contributed by atoms with van der Waals surface area (Å²) in [7, 11) is 1.67. The van der Waals surface area contributed by atoms with Crippen LogP contribution in [0.15, 0.2) is 65.9 Å². The molecule has 1 fully saturated rings. The summed E-state index contributed by atoms with van der Waals surface area (Å²) in [6.07, 6.45) is 1.77. The van der Waals surface area contributed by atoms with Crippen LogP contribution in [0.4, 0.5) is 9.18 Å². The molecular weight excluding hydrogens is 407 g/mol. The molecule has 1 N–H and O–H groups in total. The average molecular weight is 435 g/mol. The Bertz CT molecular complexity index is 1060. The van der Waals surface area contributed by atoms with Crippen molar-refractivity contribution in [3.05, 3.63) is 82.8 Å². The molecule has 6 nitrogen and oxygen atoms in total. The first-order valence-corrected chi connectivity index (χ1v) is 11.1. The first-order valence-electron chi connectivity index (χ1n) is 11.1. The number of halogens is 1. The number of hydrogen-bond acceptors (Lipinski definition) is 3. The Labute approximate surface area is 187 Å². The number of carbonyl (C=O) groups excluding carboxylic acids is 2. The minimum Gasteiger partial charge on any atom is -0.330 e. The summed E-state index contributed by atoms with van der Waals surface area (Å²) in [6, 6.07) is 15.8. The minimum atomic E-state index is -0.759. The molecule has 0 aromatic heterocycles. The standard InChI is InChI=1S/C25H27FN4O2/c1-28-21-16-30(18-11-13-29(14-12-18)15-17-7-3-2-4-8-17)24(31)22(21)23(27-25(28)32)19-9-5-6-10-20(19)26/h2-10,18,23H,11-16H2,1H3,(H,27,32). The van der Waals surface area contributed by atoms with E-state index in [-0.39, 0.29) is 18.0 Å². The molecule has 3 heterocycles. The van der Waals surface area contributed by atoms with Gasteiger partial charge in [-0.25, -0.2) is 9.18 Å². The zero-order valence-corrected chi connectivity index (χ0v) is 18.1. The van der Waals surface area contributed by atoms with Crippen molar-refractivity contribution in [2.24, 2.45) is 0 Å². The largest absolute Gasteiger partial charge is 0.330 e. The Morgan fingerprint density at radius 3 is 2.41 bits per heavy atom. The fraction of sp³-hybridized carbons (Fsp3) is 0.360. The zero-order valence-electron chi connectivity index (χ0n) is 18.1. The van der Waals surface area contributed by atoms with Gasteiger partial charge in [0.15, 0.2) is 0 Å². The van der Waals surface area contributed by atoms with E-state index in [1.54, 1.807) is 25.2 Å². The van der Waals surface area contributed by atoms with Gasteiger partial charge in [-0.3, -0.25) is 14.6 Å². The van der Waals surface area contributed by atoms with E-state index in [0.29, 0.717) is 23.4 Å². The van der Waals surface area contributed by atoms with Crippen LogP contribution in [0.2, 0.25) is 0 Å². The molecule has 0 spiro atoms. The summed E-state index contributed by atoms with van der Waals surface area (Å²) in [4.78, 5) is 31.9. The Morgan fingerprint density at radius 2 is 1.69 bits per heavy atom. The monoisotopic (exact) mass is 434 g/mol. The van der Waals surface area contributed by atoms with Crippen LogP contribution in [-0.2, 0) is 11.3 Å². The summed E-state index contributed by atoms with van der Waals surface area (Å²) < 4.78 is 14.5. The quantitative estimate of drug-likeness (QED) is 0.804. The van der Waals surface area contributed by atoms with Gasteiger partial charge in [-0.05, 0) is 24.5 Å². The van der Waals surface area contributed by atoms with E-state index >= 15 is 0 Å². The average Bonchev–Trinajstić information content (AvgIpc) is 3.15. The van der Waals surface area contributed by atoms with Crippen molar-refractivity contribution >= 4 is 11.9 Å². The number of benzene rings is 2. The van der Waals surface area contributed by atoms with Gasteiger partial charge in [0.1, 0.15) is 5.82 Å². The van der Waals surface area contributed by atoms with E-state index in [1.807, 2.05) is 11.0 Å². The second-order valence-corrected chi connectivity index (χ2v) is 8.75. The number of rotatable bonds is 4. The van der Waals surface area contributed by atoms with Gasteiger partial charge in [0.2, 0.25) is 0 Å². The van der Waals surface area contributed by atoms with E-state index < -0.39 is 11.9 Å². The van der Waals surface area contributed by atoms with E-state index in [1.165, 1.54) is 16.5 Å². The van der Waals surface area contributed by atoms with Gasteiger partial charge in [-0.2, -0.15) is 0 Å². The Morgan fingerprint density at radius 1 is 1.00 bits per heavy atom. The molecule has 7 heteroatoms. The number of likely N-dealkylation sites (N-methyl/N-ethyl adjacent to an activating group) is 1. The number of urea groups is 1. The van der Waals surface area contributed by atoms with Crippen LogP contribution < -0.4 is 5.32 Å². The molecule has 0 saturated carbocycles. The molecular formula is C25H27FN4O2. The van der Waals surface area contributed by atoms with Crippen molar-refractivity contribution in [2.45, 2.75) is 31.5 Å². The van der Waals surface area contributed by atoms with Crippen LogP contribution in [0.3, 0.4) is 0 Å². The molecule has 2 aromatic rings. The Kier molecular flexibility index (Phi) is 5.43. The lowest BCUT2D eigenvalue weighted by molar-refractivity contribution is -0.128. The summed E-state index contributed by atoms with van der Waals surface area (Å²) in [5.41, 5.74) is 2.79. The number of nitrogens with zero attached hydrogens (tertiary/aromatic N) is 3. The molecule has 3 amide bonds. The third kappa shape index (κ3) is 3.66. The van der Waals surface area contributed by atoms with E-state index in [4.69, 9.17) is 0 Å². The zero-order chi connectivity index (χ0) is 22.2. The number of carbonyl (C=O) groups is 2. The van der Waals surface area contributed by atoms with Crippen LogP contribution in [-0.4, -0.2) is 59.4 Å². The lowest BCUT2D eigenvalue weighted by Crippen LogP contribution is -2.46. The molecule has 0 radical (unpaired) electrons. The lowest BCUT2D eigenvalue weighted by atomic mass is 9.95. The van der Waals surface area contributed by atoms with Crippen LogP contribution in [0.1, 0.15) is 30.0 Å². The Balaban J connectivity index is 1.32. The molecule has 3 aliphatic rings. The molecule has 1 atom stereocenters. The molecule has 3 aliphatic heterocycles. The second kappa shape index (κ2) is 8.39. The van der Waals surface area contributed by atoms with Gasteiger partial charge in [0.25, 0.3) is 5.91 Å². The van der Waals surface area contributed by atoms with Crippen molar-refractivity contribution in [2.75, 3.05) is 26.7 Å². The fourth-order valence-corrected chi connectivity index (χ4v) is 5.06. The van der Waals surface area contributed by atoms with Crippen molar-refractivity contribution in [1.29, 1.82) is 0 Å². The van der Waals surface area contributed by atoms with Crippen LogP contribution >= 0.6 is 0 Å². The van der Waals surface area contributed by atoms with Gasteiger partial charge in [-0.1, -0.05) is 48.5 Å². The highest BCUT2D eigenvalue weighted by atomic mass is 19.1. The highest BCUT2D eigenvalue weighted by molar-refractivity contribution is 6.01. The number of nitrogens with one attached hydrogen (secondary N) is 1. The van der Waals surface area contributed by atoms with Crippen molar-refractivity contribution in [3.8, 4) is 0 Å². The normalized spacial score (nSPS) is 22.4. The van der Waals surface area contributed by atoms with Crippen molar-refractivity contribution < 1.29 is 14.0 Å². The first-order chi connectivity index (χ1) is 15.5. The molecule has 5 rings (SSSR count). The molecule has 32 heavy (non-hydrogen) atoms. The van der Waals surface area contributed by atoms with Gasteiger partial charge in [0, 0.05) is 38.3 Å². The SMILES string of the molecule is CN1C(=O)NC(c2ccccc2F)C2=C1CN(C1CCN(Cc3ccccc3)CC1)C2=O. The van der Waals surface area contributed by atoms with Gasteiger partial charge in [-0.15, -0.1) is 0 Å². The highest BCUT2D eigenvalue weighted by Crippen LogP contribution is 2.38. The summed E-state index contributed by atoms with van der Waals surface area (Å²) in [5, 5.41) is 2.82. The molecule has 0 bridgehead atoms. The van der Waals surface area contributed by atoms with E-state index in [0.717, 1.165) is 32.5 Å². The van der Waals surface area contributed by atoms with E-state index in [9.17, 15) is 14.0 Å². The topological polar surface area (TPSA) is 55.9 Å². The summed E-state index contributed by atoms with van der Waals surface area (Å²) in [5.74, 6) is -0.517. The highest BCUT2D eigenvalue weighted by Gasteiger charge is 2.45. The number of hydrogen-bond donors (Lipinski definition) is 1. The second-order valence-electron chi connectivity index (χ2n) is 8.75. The number of amides is 3. The third-order valence-electron chi connectivity index (χ3n) is 6.85. The van der Waals surface area contributed by atoms with Crippen molar-refractivity contribution in [1.82, 2.24) is 20.0 Å². The lowest BCUT2D eigenvalue weighted by Gasteiger charge is -2.37.